The first-order chi connectivity index (χ1) is 21.6. The molecule has 3 heterocycles. The van der Waals surface area contributed by atoms with Crippen molar-refractivity contribution in [2.24, 2.45) is 0 Å². The van der Waals surface area contributed by atoms with Crippen molar-refractivity contribution in [1.82, 2.24) is 19.5 Å². The van der Waals surface area contributed by atoms with Crippen molar-refractivity contribution in [1.29, 1.82) is 5.26 Å². The van der Waals surface area contributed by atoms with Gasteiger partial charge in [-0.15, -0.1) is 5.10 Å². The van der Waals surface area contributed by atoms with Crippen LogP contribution in [-0.2, 0) is 21.7 Å². The third-order valence-corrected chi connectivity index (χ3v) is 7.40. The van der Waals surface area contributed by atoms with Gasteiger partial charge in [-0.2, -0.15) is 13.7 Å². The molecule has 45 heavy (non-hydrogen) atoms. The Balaban J connectivity index is 0.000000743. The maximum atomic E-state index is 11.8. The molecule has 3 N–H and O–H groups in total. The first-order valence-corrected chi connectivity index (χ1v) is 15.3. The van der Waals surface area contributed by atoms with Crippen molar-refractivity contribution in [2.45, 2.75) is 13.5 Å². The monoisotopic (exact) mass is 629 g/mol. The number of pyridine rings is 1. The van der Waals surface area contributed by atoms with Crippen molar-refractivity contribution in [3.05, 3.63) is 83.9 Å². The number of methoxy groups -OCH3 is 1. The van der Waals surface area contributed by atoms with Crippen molar-refractivity contribution in [2.75, 3.05) is 43.5 Å². The van der Waals surface area contributed by atoms with Gasteiger partial charge in [-0.1, -0.05) is 42.5 Å². The molecule has 13 nitrogen and oxygen atoms in total. The maximum absolute atomic E-state index is 11.8. The van der Waals surface area contributed by atoms with Gasteiger partial charge >= 0.3 is 10.4 Å². The van der Waals surface area contributed by atoms with E-state index in [1.165, 1.54) is 0 Å². The van der Waals surface area contributed by atoms with Crippen LogP contribution in [0.4, 0.5) is 11.4 Å². The Morgan fingerprint density at radius 1 is 1.02 bits per heavy atom. The zero-order valence-corrected chi connectivity index (χ0v) is 25.4. The van der Waals surface area contributed by atoms with Crippen LogP contribution >= 0.6 is 0 Å². The average Bonchev–Trinajstić information content (AvgIpc) is 3.48. The largest absolute Gasteiger partial charge is 0.497 e. The number of rotatable bonds is 6. The molecule has 0 spiro atoms. The van der Waals surface area contributed by atoms with Gasteiger partial charge < -0.3 is 19.9 Å². The van der Waals surface area contributed by atoms with E-state index in [4.69, 9.17) is 32.3 Å². The predicted molar refractivity (Wildman–Crippen MR) is 170 cm³/mol. The number of nitrogens with one attached hydrogen (secondary N) is 1. The molecule has 3 aromatic carbocycles. The summed E-state index contributed by atoms with van der Waals surface area (Å²) in [5, 5.41) is 19.7. The summed E-state index contributed by atoms with van der Waals surface area (Å²) in [5.41, 5.74) is 5.44. The minimum absolute atomic E-state index is 0.102. The molecule has 6 rings (SSSR count). The number of carbonyl (C=O) groups excluding carboxylic acids is 1. The molecule has 1 fully saturated rings. The number of fused-ring (bicyclic) bond motifs is 3. The van der Waals surface area contributed by atoms with Gasteiger partial charge in [-0.3, -0.25) is 13.9 Å². The molecule has 0 bridgehead atoms. The smallest absolute Gasteiger partial charge is 0.394 e. The lowest BCUT2D eigenvalue weighted by Crippen LogP contribution is -2.48. The Kier molecular flexibility index (Phi) is 9.14. The second-order valence-electron chi connectivity index (χ2n) is 10.2. The van der Waals surface area contributed by atoms with E-state index in [1.807, 2.05) is 53.4 Å². The minimum Gasteiger partial charge on any atom is -0.497 e. The number of ether oxygens (including phenoxy) is 1. The Morgan fingerprint density at radius 2 is 1.73 bits per heavy atom. The molecule has 14 heteroatoms. The van der Waals surface area contributed by atoms with Gasteiger partial charge in [-0.25, -0.2) is 9.50 Å². The van der Waals surface area contributed by atoms with Crippen LogP contribution in [-0.4, -0.2) is 76.2 Å². The van der Waals surface area contributed by atoms with E-state index in [1.54, 1.807) is 18.5 Å². The minimum atomic E-state index is -4.67. The second-order valence-corrected chi connectivity index (χ2v) is 11.1. The fourth-order valence-electron chi connectivity index (χ4n) is 5.23. The average molecular weight is 630 g/mol. The SMILES string of the molecule is COc1cccc(-c2nc3c(C#N)c(NCc4ccccc4)c4cc(N5CCN(C(C)=O)CC5)ccc4n3n2)c1.O=S(=O)(O)O. The lowest BCUT2D eigenvalue weighted by atomic mass is 10.1. The summed E-state index contributed by atoms with van der Waals surface area (Å²) in [7, 11) is -3.04. The van der Waals surface area contributed by atoms with Crippen LogP contribution in [0.2, 0.25) is 0 Å². The van der Waals surface area contributed by atoms with Gasteiger partial charge in [0, 0.05) is 56.3 Å². The quantitative estimate of drug-likeness (QED) is 0.231. The van der Waals surface area contributed by atoms with E-state index in [2.05, 4.69) is 40.6 Å². The number of hydrogen-bond donors (Lipinski definition) is 3. The number of carbonyl (C=O) groups is 1. The second kappa shape index (κ2) is 13.2. The highest BCUT2D eigenvalue weighted by Gasteiger charge is 2.23. The molecule has 0 radical (unpaired) electrons. The molecule has 1 aliphatic rings. The third-order valence-electron chi connectivity index (χ3n) is 7.40. The van der Waals surface area contributed by atoms with Crippen molar-refractivity contribution < 1.29 is 27.1 Å². The van der Waals surface area contributed by atoms with Gasteiger partial charge in [0.2, 0.25) is 5.91 Å². The summed E-state index contributed by atoms with van der Waals surface area (Å²) >= 11 is 0. The zero-order chi connectivity index (χ0) is 32.1. The molecule has 0 aliphatic carbocycles. The first-order valence-electron chi connectivity index (χ1n) is 13.9. The summed E-state index contributed by atoms with van der Waals surface area (Å²) in [6, 6.07) is 26.3. The summed E-state index contributed by atoms with van der Waals surface area (Å²) in [6.07, 6.45) is 0. The van der Waals surface area contributed by atoms with E-state index in [-0.39, 0.29) is 5.91 Å². The summed E-state index contributed by atoms with van der Waals surface area (Å²) < 4.78 is 38.7. The van der Waals surface area contributed by atoms with Crippen LogP contribution in [0, 0.1) is 11.3 Å². The zero-order valence-electron chi connectivity index (χ0n) is 24.6. The van der Waals surface area contributed by atoms with Gasteiger partial charge in [0.05, 0.1) is 18.3 Å². The molecular formula is C31H31N7O6S. The van der Waals surface area contributed by atoms with Crippen molar-refractivity contribution >= 4 is 44.2 Å². The Labute approximate surface area is 259 Å². The Hall–Kier alpha value is -5.23. The van der Waals surface area contributed by atoms with Crippen molar-refractivity contribution in [3.8, 4) is 23.2 Å². The van der Waals surface area contributed by atoms with Gasteiger partial charge in [0.25, 0.3) is 0 Å². The predicted octanol–water partition coefficient (Wildman–Crippen LogP) is 4.06. The molecule has 1 aliphatic heterocycles. The molecule has 2 aromatic heterocycles. The van der Waals surface area contributed by atoms with Crippen LogP contribution in [0.1, 0.15) is 18.1 Å². The van der Waals surface area contributed by atoms with Crippen LogP contribution < -0.4 is 15.0 Å². The molecule has 1 amide bonds. The molecular weight excluding hydrogens is 598 g/mol. The van der Waals surface area contributed by atoms with Gasteiger partial charge in [-0.05, 0) is 35.9 Å². The van der Waals surface area contributed by atoms with E-state index < -0.39 is 10.4 Å². The number of piperazine rings is 1. The molecule has 232 valence electrons. The van der Waals surface area contributed by atoms with Crippen LogP contribution in [0.25, 0.3) is 27.9 Å². The molecule has 5 aromatic rings. The number of anilines is 2. The molecule has 0 saturated carbocycles. The van der Waals surface area contributed by atoms with Crippen LogP contribution in [0.3, 0.4) is 0 Å². The maximum Gasteiger partial charge on any atom is 0.394 e. The summed E-state index contributed by atoms with van der Waals surface area (Å²) in [5.74, 6) is 1.33. The molecule has 0 unspecified atom stereocenters. The highest BCUT2D eigenvalue weighted by Crippen LogP contribution is 2.35. The number of amides is 1. The highest BCUT2D eigenvalue weighted by atomic mass is 32.3. The van der Waals surface area contributed by atoms with Crippen molar-refractivity contribution in [3.63, 3.8) is 0 Å². The van der Waals surface area contributed by atoms with Gasteiger partial charge in [0.1, 0.15) is 17.4 Å². The fourth-order valence-corrected chi connectivity index (χ4v) is 5.23. The standard InChI is InChI=1S/C31H29N7O2.H2O4S/c1-21(39)36-13-15-37(16-14-36)24-11-12-28-26(18-24)29(33-20-22-7-4-3-5-8-22)27(19-32)31-34-30(35-38(28)31)23-9-6-10-25(17-23)40-2;1-5(2,3)4/h3-12,17-18,33H,13-16,20H2,1-2H3;(H2,1,2,3,4). The normalized spacial score (nSPS) is 13.2. The van der Waals surface area contributed by atoms with Crippen LogP contribution in [0.5, 0.6) is 5.75 Å². The summed E-state index contributed by atoms with van der Waals surface area (Å²) in [4.78, 5) is 20.8. The number of aromatic nitrogens is 3. The molecule has 0 atom stereocenters. The lowest BCUT2D eigenvalue weighted by Gasteiger charge is -2.35. The fraction of sp³-hybridized carbons (Fsp3) is 0.226. The Morgan fingerprint density at radius 3 is 2.38 bits per heavy atom. The molecule has 1 saturated heterocycles. The van der Waals surface area contributed by atoms with E-state index in [9.17, 15) is 10.1 Å². The van der Waals surface area contributed by atoms with Gasteiger partial charge in [0.15, 0.2) is 11.5 Å². The van der Waals surface area contributed by atoms with E-state index in [0.29, 0.717) is 42.4 Å². The summed E-state index contributed by atoms with van der Waals surface area (Å²) in [6.45, 7) is 5.02. The highest BCUT2D eigenvalue weighted by molar-refractivity contribution is 7.79. The van der Waals surface area contributed by atoms with E-state index in [0.717, 1.165) is 46.5 Å². The van der Waals surface area contributed by atoms with Crippen LogP contribution in [0.15, 0.2) is 72.8 Å². The van der Waals surface area contributed by atoms with E-state index >= 15 is 0 Å². The number of benzene rings is 3. The first kappa shape index (κ1) is 31.2. The third kappa shape index (κ3) is 7.29. The topological polar surface area (TPSA) is 173 Å². The lowest BCUT2D eigenvalue weighted by molar-refractivity contribution is -0.129. The Bertz CT molecular complexity index is 1990. The number of hydrogen-bond acceptors (Lipinski definition) is 9. The number of nitrogens with zero attached hydrogens (tertiary/aromatic N) is 6. The number of nitriles is 1.